The van der Waals surface area contributed by atoms with Crippen molar-refractivity contribution in [2.75, 3.05) is 4.90 Å². The average Bonchev–Trinajstić information content (AvgIpc) is 1.74. The van der Waals surface area contributed by atoms with Crippen molar-refractivity contribution in [3.05, 3.63) is 277 Å². The Morgan fingerprint density at radius 3 is 1.19 bits per heavy atom. The number of hydrogen-bond donors (Lipinski definition) is 0. The third-order valence-electron chi connectivity index (χ3n) is 27.7. The molecule has 806 valence electrons. The van der Waals surface area contributed by atoms with E-state index in [0.29, 0.717) is 29.2 Å². The van der Waals surface area contributed by atoms with Crippen LogP contribution in [-0.4, -0.2) is 63.9 Å². The summed E-state index contributed by atoms with van der Waals surface area (Å²) in [6, 6.07) is 50.2. The van der Waals surface area contributed by atoms with Crippen LogP contribution in [0.3, 0.4) is 0 Å². The van der Waals surface area contributed by atoms with E-state index in [9.17, 15) is 0 Å². The van der Waals surface area contributed by atoms with Crippen LogP contribution in [0, 0.1) is 63.6 Å². The molecular weight excluding hydrogens is 2020 g/mol. The van der Waals surface area contributed by atoms with Crippen LogP contribution >= 0.6 is 46.7 Å². The third kappa shape index (κ3) is 43.5. The van der Waals surface area contributed by atoms with Crippen molar-refractivity contribution in [2.24, 2.45) is 50.2 Å². The molecule has 6 aromatic rings. The fraction of sp³-hybridized carbons (Fsp3) is 0.569. The van der Waals surface area contributed by atoms with Gasteiger partial charge in [-0.2, -0.15) is 6.67 Å². The first-order chi connectivity index (χ1) is 66.2. The normalized spacial score (nSPS) is 18.7. The molecule has 0 amide bonds. The molecule has 13 heteroatoms. The van der Waals surface area contributed by atoms with Gasteiger partial charge in [0.1, 0.15) is 5.75 Å². The number of nitrogens with zero attached hydrogens (tertiary/aromatic N) is 4. The molecule has 0 aromatic heterocycles. The van der Waals surface area contributed by atoms with Crippen LogP contribution in [0.1, 0.15) is 414 Å². The minimum atomic E-state index is -1.87. The Morgan fingerprint density at radius 2 is 0.811 bits per heavy atom. The van der Waals surface area contributed by atoms with E-state index >= 15 is 0 Å². The molecule has 6 aromatic carbocycles. The van der Waals surface area contributed by atoms with E-state index in [2.05, 4.69) is 329 Å². The molecule has 1 N–H and O–H groups in total. The van der Waals surface area contributed by atoms with Gasteiger partial charge < -0.3 is 24.3 Å². The van der Waals surface area contributed by atoms with Gasteiger partial charge in [0.05, 0.1) is 23.1 Å². The van der Waals surface area contributed by atoms with Gasteiger partial charge in [-0.05, 0) is 266 Å². The number of aliphatic hydroxyl groups is 1. The van der Waals surface area contributed by atoms with Crippen LogP contribution < -0.4 is 9.64 Å². The average molecular weight is 2230 g/mol. The van der Waals surface area contributed by atoms with Gasteiger partial charge in [-0.1, -0.05) is 347 Å². The summed E-state index contributed by atoms with van der Waals surface area (Å²) in [7, 11) is 23.3. The summed E-state index contributed by atoms with van der Waals surface area (Å²) in [5, 5.41) is 0. The molecule has 6 nitrogen and oxygen atoms in total. The zero-order chi connectivity index (χ0) is 106. The molecular formula is C130H205Cl4N4O2PRu2. The summed E-state index contributed by atoms with van der Waals surface area (Å²) < 4.78 is 14.6. The summed E-state index contributed by atoms with van der Waals surface area (Å²) in [4.78, 5) is 9.47. The van der Waals surface area contributed by atoms with E-state index in [4.69, 9.17) is 48.2 Å². The van der Waals surface area contributed by atoms with Gasteiger partial charge in [0.15, 0.2) is 0 Å². The van der Waals surface area contributed by atoms with Crippen molar-refractivity contribution in [1.82, 2.24) is 14.7 Å². The van der Waals surface area contributed by atoms with Crippen molar-refractivity contribution in [2.45, 2.75) is 432 Å². The molecule has 0 spiro atoms. The maximum absolute atomic E-state index is 6.03. The number of rotatable bonds is 16. The standard InChI is InChI=1S/C31H51N2.C31H47N2.C18H33P.C17H18O.C16H16O.C7H6.4C2H6.2CH4.4ClH.2Ru/c2*1-28(2,3)22-15-23(29(4,5)6)18-26(17-22)32-13-14-33(21-32)27-19-24(30(7,8)9)16-25(20-27)31(10,11)12;1-4-10-16(11-5-1)19(17-12-6-2-7-13-17)18-14-8-3-9-15-18;1-4-14-11-8-12-16(17(14)18-13(2)3)15-9-6-5-7-10-15;1-12(2)17-16-13(3)8-7-11-15(16)14-9-5-4-6-10-14;1-7-5-3-2-4-6-7;4*1-2;;;;;;;;/h13-15,17,19,21,23,25,27H,16,18,20H2,1-12H3;13-19,21,25H,20H2,1-12H3;16-18H,1-15H2;4-13H,1H2,2-3H3;3-12H,1-2H3;1-6H;4*1-2H3;2*1H4;4*1H;;/q2*-1;;;;;;;;;;;;;;;2*+2/p-2/t23-,25+,27-;25-;;;;;;;;;;;;;;;;/m00................/s1. The summed E-state index contributed by atoms with van der Waals surface area (Å²) >= 11 is -3.48. The van der Waals surface area contributed by atoms with Gasteiger partial charge in [-0.15, -0.1) is 6.67 Å². The minimum absolute atomic E-state index is 0. The zero-order valence-corrected chi connectivity index (χ0v) is 103. The summed E-state index contributed by atoms with van der Waals surface area (Å²) in [5.41, 5.74) is 24.3. The first kappa shape index (κ1) is 132. The van der Waals surface area contributed by atoms with Crippen molar-refractivity contribution < 1.29 is 36.5 Å². The summed E-state index contributed by atoms with van der Waals surface area (Å²) in [5.74, 6) is 3.67. The van der Waals surface area contributed by atoms with E-state index in [0.717, 1.165) is 63.3 Å². The second-order valence-corrected chi connectivity index (χ2v) is 62.4. The van der Waals surface area contributed by atoms with Gasteiger partial charge >= 0.3 is 207 Å². The number of aromatic hydroxyl groups is 1. The van der Waals surface area contributed by atoms with Gasteiger partial charge in [-0.25, -0.2) is 0 Å². The summed E-state index contributed by atoms with van der Waals surface area (Å²) in [6.07, 6.45) is 52.1. The Hall–Kier alpha value is -5.38. The number of ether oxygens (including phenoxy) is 2. The Bertz CT molecular complexity index is 4900. The van der Waals surface area contributed by atoms with Crippen LogP contribution in [0.15, 0.2) is 235 Å². The molecule has 3 saturated carbocycles. The first-order valence-electron chi connectivity index (χ1n) is 54.1. The number of para-hydroxylation sites is 2. The topological polar surface area (TPSA) is 35.0 Å². The molecule has 0 saturated heterocycles. The number of halogens is 4. The Morgan fingerprint density at radius 1 is 0.420 bits per heavy atom. The van der Waals surface area contributed by atoms with E-state index in [1.807, 2.05) is 176 Å². The van der Waals surface area contributed by atoms with Crippen LogP contribution in [0.25, 0.3) is 28.3 Å². The molecule has 4 atom stereocenters. The fourth-order valence-corrected chi connectivity index (χ4v) is 28.1. The zero-order valence-electron chi connectivity index (χ0n) is 95.1. The predicted molar refractivity (Wildman–Crippen MR) is 643 cm³/mol. The molecule has 8 aliphatic rings. The molecule has 6 aliphatic carbocycles. The van der Waals surface area contributed by atoms with Gasteiger partial charge in [0.25, 0.3) is 0 Å². The van der Waals surface area contributed by atoms with E-state index in [1.54, 1.807) is 102 Å². The predicted octanol–water partition coefficient (Wildman–Crippen LogP) is 42.0. The molecule has 143 heavy (non-hydrogen) atoms. The SMILES string of the molecule is C.C.C1CCC([PH+](C2CCCCC2)C2CCCCC2)CC1.C=Cc1cccc(-c2ccccc2)c1OC(C)C.CC.CC.CC.CC.CC(C)(C)C1=C[C@H](C(C)(C)C)CC(N2C=CN([C@H]3C=C(C(C)(C)C)C[C@@H](C(C)(C)C)C3)[CH-]2)=C1.CC(C)(C)C1=C[C@H](C(C)(C)C)CC(N2C=CN(c3cc(C(C)(C)C)cc(C(C)(C)C)c3)[CH-]2)=C1.CC(C)[OH+]c1c([CH]=[Ru]([Cl])[Cl])cccc1-c1ccccc1.[Cl][Ru]([Cl])=[CH]c1ccccc1. The first-order valence-corrected chi connectivity index (χ1v) is 66.8. The second-order valence-electron chi connectivity index (χ2n) is 47.5. The van der Waals surface area contributed by atoms with E-state index < -0.39 is 27.0 Å². The number of anilines is 1. The molecule has 0 unspecified atom stereocenters. The second kappa shape index (κ2) is 62.4. The molecule has 0 bridgehead atoms. The van der Waals surface area contributed by atoms with Gasteiger partial charge in [-0.3, -0.25) is 0 Å². The fourth-order valence-electron chi connectivity index (χ4n) is 19.3. The molecule has 14 rings (SSSR count). The number of allylic oxidation sites excluding steroid dienone is 9. The Balaban J connectivity index is 0.000000447. The van der Waals surface area contributed by atoms with E-state index in [-0.39, 0.29) is 72.9 Å². The molecule has 0 radical (unpaired) electrons. The number of benzene rings is 6. The molecule has 2 aliphatic heterocycles. The van der Waals surface area contributed by atoms with Crippen LogP contribution in [0.5, 0.6) is 11.5 Å². The quantitative estimate of drug-likeness (QED) is 0.0317. The van der Waals surface area contributed by atoms with Crippen molar-refractivity contribution in [1.29, 1.82) is 0 Å². The number of hydrogen-bond acceptors (Lipinski definition) is 5. The van der Waals surface area contributed by atoms with Crippen LogP contribution in [0.4, 0.5) is 5.69 Å². The monoisotopic (exact) mass is 2230 g/mol. The van der Waals surface area contributed by atoms with Crippen molar-refractivity contribution in [3.8, 4) is 33.8 Å². The van der Waals surface area contributed by atoms with Crippen LogP contribution in [0.2, 0.25) is 0 Å². The van der Waals surface area contributed by atoms with Crippen molar-refractivity contribution >= 4 is 67.7 Å². The van der Waals surface area contributed by atoms with Crippen molar-refractivity contribution in [3.63, 3.8) is 0 Å². The third-order valence-corrected chi connectivity index (χ3v) is 36.0. The van der Waals surface area contributed by atoms with Gasteiger partial charge in [0.2, 0.25) is 0 Å². The van der Waals surface area contributed by atoms with Crippen LogP contribution in [-0.2, 0) is 37.9 Å². The molecule has 2 heterocycles. The van der Waals surface area contributed by atoms with E-state index in [1.165, 1.54) is 69.2 Å². The molecule has 3 fully saturated rings. The maximum atomic E-state index is 6.03. The summed E-state index contributed by atoms with van der Waals surface area (Å²) in [6.45, 7) is 89.0. The Labute approximate surface area is 908 Å². The Kier molecular flexibility index (Phi) is 57.5. The van der Waals surface area contributed by atoms with Gasteiger partial charge in [0, 0.05) is 30.8 Å².